The van der Waals surface area contributed by atoms with Gasteiger partial charge in [0.2, 0.25) is 5.91 Å². The number of carbonyl (C=O) groups is 1. The van der Waals surface area contributed by atoms with Gasteiger partial charge in [0.1, 0.15) is 12.1 Å². The van der Waals surface area contributed by atoms with Crippen molar-refractivity contribution in [2.45, 2.75) is 11.7 Å². The highest BCUT2D eigenvalue weighted by molar-refractivity contribution is 7.99. The maximum Gasteiger partial charge on any atom is 0.244 e. The molecule has 2 heterocycles. The van der Waals surface area contributed by atoms with E-state index in [1.165, 1.54) is 11.8 Å². The van der Waals surface area contributed by atoms with Crippen LogP contribution in [0.25, 0.3) is 16.7 Å². The SMILES string of the molecule is NNC(=O)CSc1nnc(Cn2nnc3ccccc32)n1-c1ccccc1. The Morgan fingerprint density at radius 2 is 1.81 bits per heavy atom. The molecule has 1 amide bonds. The van der Waals surface area contributed by atoms with Gasteiger partial charge in [0.15, 0.2) is 11.0 Å². The van der Waals surface area contributed by atoms with Gasteiger partial charge >= 0.3 is 0 Å². The molecular weight excluding hydrogens is 364 g/mol. The Kier molecular flexibility index (Phi) is 4.81. The number of hydrogen-bond acceptors (Lipinski definition) is 7. The Bertz CT molecular complexity index is 1070. The standard InChI is InChI=1S/C17H16N8OS/c18-19-16(26)11-27-17-22-21-15(25(17)12-6-2-1-3-7-12)10-24-14-9-5-4-8-13(14)20-23-24/h1-9H,10-11,18H2,(H,19,26). The van der Waals surface area contributed by atoms with E-state index in [0.29, 0.717) is 17.5 Å². The summed E-state index contributed by atoms with van der Waals surface area (Å²) in [5, 5.41) is 17.6. The summed E-state index contributed by atoms with van der Waals surface area (Å²) in [5.41, 5.74) is 4.75. The van der Waals surface area contributed by atoms with Gasteiger partial charge in [-0.15, -0.1) is 15.3 Å². The number of aromatic nitrogens is 6. The predicted octanol–water partition coefficient (Wildman–Crippen LogP) is 1.14. The lowest BCUT2D eigenvalue weighted by atomic mass is 10.3. The first-order valence-corrected chi connectivity index (χ1v) is 9.15. The number of carbonyl (C=O) groups excluding carboxylic acids is 1. The first-order chi connectivity index (χ1) is 13.3. The number of nitrogens with one attached hydrogen (secondary N) is 1. The van der Waals surface area contributed by atoms with E-state index >= 15 is 0 Å². The van der Waals surface area contributed by atoms with Crippen LogP contribution in [0.1, 0.15) is 5.82 Å². The summed E-state index contributed by atoms with van der Waals surface area (Å²) >= 11 is 1.26. The number of hydrogen-bond donors (Lipinski definition) is 2. The smallest absolute Gasteiger partial charge is 0.244 e. The Morgan fingerprint density at radius 3 is 2.63 bits per heavy atom. The molecule has 0 saturated heterocycles. The highest BCUT2D eigenvalue weighted by Crippen LogP contribution is 2.23. The molecule has 0 fully saturated rings. The normalized spacial score (nSPS) is 11.0. The first-order valence-electron chi connectivity index (χ1n) is 8.16. The number of benzene rings is 2. The van der Waals surface area contributed by atoms with Crippen LogP contribution >= 0.6 is 11.8 Å². The van der Waals surface area contributed by atoms with E-state index < -0.39 is 0 Å². The molecule has 136 valence electrons. The summed E-state index contributed by atoms with van der Waals surface area (Å²) in [4.78, 5) is 11.5. The Morgan fingerprint density at radius 1 is 1.04 bits per heavy atom. The van der Waals surface area contributed by atoms with Crippen molar-refractivity contribution in [2.75, 3.05) is 5.75 Å². The second-order valence-electron chi connectivity index (χ2n) is 5.66. The van der Waals surface area contributed by atoms with E-state index in [4.69, 9.17) is 5.84 Å². The molecule has 2 aromatic carbocycles. The van der Waals surface area contributed by atoms with E-state index in [2.05, 4.69) is 25.9 Å². The van der Waals surface area contributed by atoms with Gasteiger partial charge in [0.05, 0.1) is 11.3 Å². The zero-order valence-corrected chi connectivity index (χ0v) is 15.0. The van der Waals surface area contributed by atoms with Crippen LogP contribution in [0.4, 0.5) is 0 Å². The number of nitrogens with zero attached hydrogens (tertiary/aromatic N) is 6. The predicted molar refractivity (Wildman–Crippen MR) is 101 cm³/mol. The third kappa shape index (κ3) is 3.52. The fourth-order valence-corrected chi connectivity index (χ4v) is 3.45. The Balaban J connectivity index is 1.71. The third-order valence-electron chi connectivity index (χ3n) is 3.92. The van der Waals surface area contributed by atoms with Crippen LogP contribution in [0.2, 0.25) is 0 Å². The Labute approximate surface area is 158 Å². The lowest BCUT2D eigenvalue weighted by molar-refractivity contribution is -0.118. The van der Waals surface area contributed by atoms with Gasteiger partial charge in [0, 0.05) is 5.69 Å². The average molecular weight is 380 g/mol. The van der Waals surface area contributed by atoms with E-state index in [0.717, 1.165) is 16.7 Å². The molecule has 0 unspecified atom stereocenters. The highest BCUT2D eigenvalue weighted by Gasteiger charge is 2.17. The van der Waals surface area contributed by atoms with Crippen molar-refractivity contribution >= 4 is 28.7 Å². The van der Waals surface area contributed by atoms with Crippen LogP contribution in [-0.4, -0.2) is 41.4 Å². The van der Waals surface area contributed by atoms with E-state index in [1.807, 2.05) is 59.2 Å². The van der Waals surface area contributed by atoms with Crippen LogP contribution in [0.3, 0.4) is 0 Å². The van der Waals surface area contributed by atoms with Crippen molar-refractivity contribution in [3.63, 3.8) is 0 Å². The first kappa shape index (κ1) is 17.2. The van der Waals surface area contributed by atoms with Crippen LogP contribution in [0.15, 0.2) is 59.8 Å². The molecule has 2 aromatic heterocycles. The summed E-state index contributed by atoms with van der Waals surface area (Å²) in [6.45, 7) is 0.395. The number of amides is 1. The van der Waals surface area contributed by atoms with Crippen LogP contribution < -0.4 is 11.3 Å². The summed E-state index contributed by atoms with van der Waals surface area (Å²) in [5.74, 6) is 5.71. The summed E-state index contributed by atoms with van der Waals surface area (Å²) in [7, 11) is 0. The number of nitrogens with two attached hydrogens (primary N) is 1. The second kappa shape index (κ2) is 7.56. The molecule has 0 radical (unpaired) electrons. The summed E-state index contributed by atoms with van der Waals surface area (Å²) < 4.78 is 3.69. The number of fused-ring (bicyclic) bond motifs is 1. The van der Waals surface area contributed by atoms with Crippen molar-refractivity contribution in [1.82, 2.24) is 35.2 Å². The molecule has 3 N–H and O–H groups in total. The van der Waals surface area contributed by atoms with Gasteiger partial charge in [-0.25, -0.2) is 10.5 Å². The number of thioether (sulfide) groups is 1. The van der Waals surface area contributed by atoms with Gasteiger partial charge in [0.25, 0.3) is 0 Å². The molecule has 4 rings (SSSR count). The molecule has 0 saturated carbocycles. The minimum absolute atomic E-state index is 0.147. The summed E-state index contributed by atoms with van der Waals surface area (Å²) in [6.07, 6.45) is 0. The quantitative estimate of drug-likeness (QED) is 0.223. The molecular formula is C17H16N8OS. The van der Waals surface area contributed by atoms with E-state index in [9.17, 15) is 4.79 Å². The number of para-hydroxylation sites is 2. The number of hydrazine groups is 1. The van der Waals surface area contributed by atoms with Crippen molar-refractivity contribution in [1.29, 1.82) is 0 Å². The van der Waals surface area contributed by atoms with Crippen molar-refractivity contribution < 1.29 is 4.79 Å². The summed E-state index contributed by atoms with van der Waals surface area (Å²) in [6, 6.07) is 17.5. The third-order valence-corrected chi connectivity index (χ3v) is 4.85. The number of rotatable bonds is 6. The highest BCUT2D eigenvalue weighted by atomic mass is 32.2. The largest absolute Gasteiger partial charge is 0.294 e. The van der Waals surface area contributed by atoms with Gasteiger partial charge in [-0.2, -0.15) is 0 Å². The molecule has 0 bridgehead atoms. The molecule has 10 heteroatoms. The van der Waals surface area contributed by atoms with E-state index in [1.54, 1.807) is 4.68 Å². The fraction of sp³-hybridized carbons (Fsp3) is 0.118. The molecule has 0 atom stereocenters. The Hall–Kier alpha value is -3.24. The zero-order chi connectivity index (χ0) is 18.6. The molecule has 4 aromatic rings. The molecule has 0 aliphatic heterocycles. The molecule has 0 aliphatic carbocycles. The zero-order valence-electron chi connectivity index (χ0n) is 14.2. The maximum absolute atomic E-state index is 11.5. The molecule has 0 spiro atoms. The minimum atomic E-state index is -0.286. The minimum Gasteiger partial charge on any atom is -0.294 e. The average Bonchev–Trinajstić information content (AvgIpc) is 3.31. The lowest BCUT2D eigenvalue weighted by Gasteiger charge is -2.10. The topological polar surface area (TPSA) is 117 Å². The molecule has 9 nitrogen and oxygen atoms in total. The fourth-order valence-electron chi connectivity index (χ4n) is 2.67. The van der Waals surface area contributed by atoms with Crippen molar-refractivity contribution in [3.05, 3.63) is 60.4 Å². The molecule has 0 aliphatic rings. The molecule has 27 heavy (non-hydrogen) atoms. The van der Waals surface area contributed by atoms with Gasteiger partial charge < -0.3 is 0 Å². The van der Waals surface area contributed by atoms with Crippen molar-refractivity contribution in [3.8, 4) is 5.69 Å². The van der Waals surface area contributed by atoms with Gasteiger partial charge in [-0.1, -0.05) is 47.3 Å². The van der Waals surface area contributed by atoms with Crippen LogP contribution in [0, 0.1) is 0 Å². The second-order valence-corrected chi connectivity index (χ2v) is 6.60. The maximum atomic E-state index is 11.5. The van der Waals surface area contributed by atoms with Crippen LogP contribution in [-0.2, 0) is 11.3 Å². The van der Waals surface area contributed by atoms with E-state index in [-0.39, 0.29) is 11.7 Å². The van der Waals surface area contributed by atoms with Gasteiger partial charge in [-0.05, 0) is 24.3 Å². The van der Waals surface area contributed by atoms with Crippen LogP contribution in [0.5, 0.6) is 0 Å². The van der Waals surface area contributed by atoms with Gasteiger partial charge in [-0.3, -0.25) is 14.8 Å². The monoisotopic (exact) mass is 380 g/mol. The van der Waals surface area contributed by atoms with Crippen molar-refractivity contribution in [2.24, 2.45) is 5.84 Å². The lowest BCUT2D eigenvalue weighted by Crippen LogP contribution is -2.31.